The van der Waals surface area contributed by atoms with Gasteiger partial charge in [0, 0.05) is 28.2 Å². The van der Waals surface area contributed by atoms with E-state index in [0.29, 0.717) is 5.69 Å². The molecule has 3 aromatic rings. The fraction of sp³-hybridized carbons (Fsp3) is 0.188. The minimum Gasteiger partial charge on any atom is -0.298 e. The molecule has 1 aromatic carbocycles. The van der Waals surface area contributed by atoms with Gasteiger partial charge in [0.1, 0.15) is 0 Å². The molecule has 0 saturated carbocycles. The highest BCUT2D eigenvalue weighted by molar-refractivity contribution is 9.10. The third-order valence-electron chi connectivity index (χ3n) is 3.48. The van der Waals surface area contributed by atoms with Crippen molar-refractivity contribution in [3.8, 4) is 11.3 Å². The number of aromatic nitrogens is 3. The molecule has 0 atom stereocenters. The average Bonchev–Trinajstić information content (AvgIpc) is 3.11. The molecular formula is C16H12BrF3N4OS. The van der Waals surface area contributed by atoms with Gasteiger partial charge in [-0.1, -0.05) is 28.1 Å². The van der Waals surface area contributed by atoms with E-state index in [2.05, 4.69) is 31.3 Å². The second kappa shape index (κ2) is 6.84. The van der Waals surface area contributed by atoms with Crippen LogP contribution >= 0.6 is 27.3 Å². The number of benzene rings is 1. The van der Waals surface area contributed by atoms with E-state index in [1.807, 2.05) is 31.2 Å². The Balaban J connectivity index is 1.88. The second-order valence-corrected chi connectivity index (χ2v) is 7.57. The van der Waals surface area contributed by atoms with Gasteiger partial charge in [0.25, 0.3) is 5.91 Å². The lowest BCUT2D eigenvalue weighted by molar-refractivity contribution is -0.141. The average molecular weight is 445 g/mol. The summed E-state index contributed by atoms with van der Waals surface area (Å²) >= 11 is 4.54. The van der Waals surface area contributed by atoms with Gasteiger partial charge in [-0.2, -0.15) is 18.3 Å². The van der Waals surface area contributed by atoms with Gasteiger partial charge < -0.3 is 0 Å². The number of carbonyl (C=O) groups excluding carboxylic acids is 1. The smallest absolute Gasteiger partial charge is 0.298 e. The van der Waals surface area contributed by atoms with Crippen LogP contribution in [0.3, 0.4) is 0 Å². The predicted octanol–water partition coefficient (Wildman–Crippen LogP) is 4.89. The maximum Gasteiger partial charge on any atom is 0.435 e. The molecule has 1 N–H and O–H groups in total. The van der Waals surface area contributed by atoms with Crippen LogP contribution in [0.25, 0.3) is 11.3 Å². The summed E-state index contributed by atoms with van der Waals surface area (Å²) in [5.41, 5.74) is -0.253. The monoisotopic (exact) mass is 444 g/mol. The molecule has 0 fully saturated rings. The minimum absolute atomic E-state index is 0.224. The molecule has 10 heteroatoms. The molecule has 26 heavy (non-hydrogen) atoms. The fourth-order valence-corrected chi connectivity index (χ4v) is 3.45. The topological polar surface area (TPSA) is 59.8 Å². The molecule has 0 spiro atoms. The Kier molecular flexibility index (Phi) is 4.89. The summed E-state index contributed by atoms with van der Waals surface area (Å²) in [6.07, 6.45) is -3.68. The van der Waals surface area contributed by atoms with E-state index in [9.17, 15) is 18.0 Å². The number of halogens is 4. The molecule has 0 unspecified atom stereocenters. The summed E-state index contributed by atoms with van der Waals surface area (Å²) in [7, 11) is 1.32. The van der Waals surface area contributed by atoms with Crippen molar-refractivity contribution in [2.24, 2.45) is 7.05 Å². The Morgan fingerprint density at radius 1 is 1.27 bits per heavy atom. The van der Waals surface area contributed by atoms with E-state index >= 15 is 0 Å². The zero-order valence-electron chi connectivity index (χ0n) is 13.6. The molecule has 1 amide bonds. The summed E-state index contributed by atoms with van der Waals surface area (Å²) in [6, 6.07) is 7.44. The molecule has 0 saturated heterocycles. The molecule has 0 radical (unpaired) electrons. The number of nitrogens with zero attached hydrogens (tertiary/aromatic N) is 3. The number of nitrogens with one attached hydrogen (secondary N) is 1. The third-order valence-corrected chi connectivity index (χ3v) is 4.89. The van der Waals surface area contributed by atoms with E-state index < -0.39 is 23.3 Å². The van der Waals surface area contributed by atoms with E-state index in [4.69, 9.17) is 0 Å². The fourth-order valence-electron chi connectivity index (χ4n) is 2.35. The lowest BCUT2D eigenvalue weighted by Gasteiger charge is -2.05. The zero-order chi connectivity index (χ0) is 19.1. The molecular weight excluding hydrogens is 433 g/mol. The Morgan fingerprint density at radius 3 is 2.54 bits per heavy atom. The largest absolute Gasteiger partial charge is 0.435 e. The van der Waals surface area contributed by atoms with Crippen LogP contribution in [0.1, 0.15) is 20.9 Å². The highest BCUT2D eigenvalue weighted by atomic mass is 79.9. The third kappa shape index (κ3) is 3.80. The van der Waals surface area contributed by atoms with Crippen molar-refractivity contribution in [3.63, 3.8) is 0 Å². The molecule has 0 aliphatic heterocycles. The number of alkyl halides is 3. The first-order chi connectivity index (χ1) is 12.1. The molecule has 0 aliphatic rings. The van der Waals surface area contributed by atoms with Gasteiger partial charge in [0.2, 0.25) is 0 Å². The minimum atomic E-state index is -4.71. The molecule has 0 bridgehead atoms. The van der Waals surface area contributed by atoms with E-state index in [0.717, 1.165) is 25.8 Å². The number of thiazole rings is 1. The molecule has 2 aromatic heterocycles. The first-order valence-electron chi connectivity index (χ1n) is 7.30. The number of hydrogen-bond acceptors (Lipinski definition) is 4. The Hall–Kier alpha value is -2.20. The second-order valence-electron chi connectivity index (χ2n) is 5.45. The number of aryl methyl sites for hydroxylation is 2. The van der Waals surface area contributed by atoms with Crippen molar-refractivity contribution in [3.05, 3.63) is 51.1 Å². The van der Waals surface area contributed by atoms with Crippen LogP contribution in [0.5, 0.6) is 0 Å². The number of carbonyl (C=O) groups is 1. The summed E-state index contributed by atoms with van der Waals surface area (Å²) < 4.78 is 40.9. The van der Waals surface area contributed by atoms with Crippen molar-refractivity contribution in [1.82, 2.24) is 14.8 Å². The highest BCUT2D eigenvalue weighted by Crippen LogP contribution is 2.33. The van der Waals surface area contributed by atoms with Gasteiger partial charge in [-0.25, -0.2) is 4.98 Å². The Bertz CT molecular complexity index is 963. The van der Waals surface area contributed by atoms with Crippen LogP contribution in [0.15, 0.2) is 34.9 Å². The first-order valence-corrected chi connectivity index (χ1v) is 8.91. The van der Waals surface area contributed by atoms with Crippen LogP contribution in [-0.2, 0) is 13.2 Å². The highest BCUT2D eigenvalue weighted by Gasteiger charge is 2.39. The van der Waals surface area contributed by atoms with E-state index in [1.54, 1.807) is 0 Å². The quantitative estimate of drug-likeness (QED) is 0.625. The summed E-state index contributed by atoms with van der Waals surface area (Å²) in [6.45, 7) is 1.83. The predicted molar refractivity (Wildman–Crippen MR) is 96.2 cm³/mol. The maximum absolute atomic E-state index is 13.0. The van der Waals surface area contributed by atoms with E-state index in [1.165, 1.54) is 18.4 Å². The number of amides is 1. The van der Waals surface area contributed by atoms with E-state index in [-0.39, 0.29) is 5.13 Å². The number of hydrogen-bond donors (Lipinski definition) is 1. The number of rotatable bonds is 3. The normalized spacial score (nSPS) is 11.6. The van der Waals surface area contributed by atoms with Gasteiger partial charge in [0.15, 0.2) is 10.8 Å². The maximum atomic E-state index is 13.0. The van der Waals surface area contributed by atoms with Crippen LogP contribution in [0, 0.1) is 6.92 Å². The van der Waals surface area contributed by atoms with Crippen molar-refractivity contribution in [2.75, 3.05) is 5.32 Å². The molecule has 2 heterocycles. The molecule has 3 rings (SSSR count). The van der Waals surface area contributed by atoms with Gasteiger partial charge in [-0.05, 0) is 19.1 Å². The van der Waals surface area contributed by atoms with Gasteiger partial charge in [-0.15, -0.1) is 11.3 Å². The number of anilines is 1. The lowest BCUT2D eigenvalue weighted by Crippen LogP contribution is -2.17. The Labute approximate surface area is 159 Å². The van der Waals surface area contributed by atoms with Crippen LogP contribution in [-0.4, -0.2) is 20.7 Å². The van der Waals surface area contributed by atoms with Crippen molar-refractivity contribution in [2.45, 2.75) is 13.1 Å². The molecule has 136 valence electrons. The first kappa shape index (κ1) is 18.6. The SMILES string of the molecule is Cc1sc(NC(=O)c2cn(C)nc2C(F)(F)F)nc1-c1ccc(Br)cc1. The van der Waals surface area contributed by atoms with Crippen LogP contribution < -0.4 is 5.32 Å². The van der Waals surface area contributed by atoms with Crippen molar-refractivity contribution >= 4 is 38.3 Å². The van der Waals surface area contributed by atoms with Crippen molar-refractivity contribution < 1.29 is 18.0 Å². The van der Waals surface area contributed by atoms with Gasteiger partial charge >= 0.3 is 6.18 Å². The molecule has 5 nitrogen and oxygen atoms in total. The van der Waals surface area contributed by atoms with Crippen LogP contribution in [0.2, 0.25) is 0 Å². The van der Waals surface area contributed by atoms with Gasteiger partial charge in [-0.3, -0.25) is 14.8 Å². The summed E-state index contributed by atoms with van der Waals surface area (Å²) in [5.74, 6) is -0.901. The molecule has 0 aliphatic carbocycles. The zero-order valence-corrected chi connectivity index (χ0v) is 16.0. The standard InChI is InChI=1S/C16H12BrF3N4OS/c1-8-12(9-3-5-10(17)6-4-9)21-15(26-8)22-14(25)11-7-24(2)23-13(11)16(18,19)20/h3-7H,1-2H3,(H,21,22,25). The summed E-state index contributed by atoms with van der Waals surface area (Å²) in [5, 5.41) is 5.99. The van der Waals surface area contributed by atoms with Gasteiger partial charge in [0.05, 0.1) is 11.3 Å². The van der Waals surface area contributed by atoms with Crippen LogP contribution in [0.4, 0.5) is 18.3 Å². The van der Waals surface area contributed by atoms with Crippen molar-refractivity contribution in [1.29, 1.82) is 0 Å². The lowest BCUT2D eigenvalue weighted by atomic mass is 10.1. The Morgan fingerprint density at radius 2 is 1.92 bits per heavy atom. The summed E-state index contributed by atoms with van der Waals surface area (Å²) in [4.78, 5) is 17.5.